The Morgan fingerprint density at radius 1 is 0.317 bits per heavy atom. The van der Waals surface area contributed by atoms with Crippen LogP contribution < -0.4 is 0 Å². The van der Waals surface area contributed by atoms with Crippen molar-refractivity contribution in [2.75, 3.05) is 13.2 Å². The SMILES string of the molecule is CCCCCC/C=C\C/C=C\CCCCCCCCCC(=O)OCC(COC(=O)CCCCCCCCCCCCCCC)OC(=O)CCCCCCC/C=C\CCCCCCC. The van der Waals surface area contributed by atoms with Crippen LogP contribution in [0.2, 0.25) is 0 Å². The van der Waals surface area contributed by atoms with Gasteiger partial charge in [-0.25, -0.2) is 0 Å². The van der Waals surface area contributed by atoms with Crippen molar-refractivity contribution in [2.24, 2.45) is 0 Å². The summed E-state index contributed by atoms with van der Waals surface area (Å²) in [5, 5.41) is 0. The largest absolute Gasteiger partial charge is 0.462 e. The van der Waals surface area contributed by atoms with Crippen molar-refractivity contribution < 1.29 is 28.6 Å². The minimum absolute atomic E-state index is 0.0748. The summed E-state index contributed by atoms with van der Waals surface area (Å²) in [6, 6.07) is 0. The molecule has 0 amide bonds. The topological polar surface area (TPSA) is 78.9 Å². The molecule has 0 N–H and O–H groups in total. The number of carbonyl (C=O) groups excluding carboxylic acids is 3. The molecule has 0 saturated heterocycles. The predicted molar refractivity (Wildman–Crippen MR) is 270 cm³/mol. The van der Waals surface area contributed by atoms with E-state index in [0.717, 1.165) is 77.0 Å². The van der Waals surface area contributed by atoms with Gasteiger partial charge in [0.2, 0.25) is 0 Å². The van der Waals surface area contributed by atoms with Crippen molar-refractivity contribution in [3.8, 4) is 0 Å². The highest BCUT2D eigenvalue weighted by atomic mass is 16.6. The summed E-state index contributed by atoms with van der Waals surface area (Å²) in [6.45, 7) is 6.63. The van der Waals surface area contributed by atoms with Gasteiger partial charge in [0.15, 0.2) is 6.10 Å². The van der Waals surface area contributed by atoms with Gasteiger partial charge in [0.25, 0.3) is 0 Å². The summed E-state index contributed by atoms with van der Waals surface area (Å²) in [6.07, 6.45) is 61.2. The van der Waals surface area contributed by atoms with Gasteiger partial charge in [0, 0.05) is 19.3 Å². The third kappa shape index (κ3) is 50.5. The van der Waals surface area contributed by atoms with Gasteiger partial charge < -0.3 is 14.2 Å². The van der Waals surface area contributed by atoms with E-state index in [4.69, 9.17) is 14.2 Å². The summed E-state index contributed by atoms with van der Waals surface area (Å²) >= 11 is 0. The second kappa shape index (κ2) is 52.3. The number of ether oxygens (including phenoxy) is 3. The first kappa shape index (κ1) is 60.6. The van der Waals surface area contributed by atoms with Crippen LogP contribution in [-0.4, -0.2) is 37.2 Å². The third-order valence-electron chi connectivity index (χ3n) is 12.1. The molecule has 0 fully saturated rings. The van der Waals surface area contributed by atoms with Crippen LogP contribution in [0, 0.1) is 0 Å². The molecule has 1 atom stereocenters. The van der Waals surface area contributed by atoms with Crippen LogP contribution in [0.1, 0.15) is 290 Å². The molecular formula is C57H104O6. The van der Waals surface area contributed by atoms with E-state index in [2.05, 4.69) is 57.2 Å². The molecule has 0 aliphatic heterocycles. The maximum absolute atomic E-state index is 12.8. The lowest BCUT2D eigenvalue weighted by Gasteiger charge is -2.18. The van der Waals surface area contributed by atoms with Crippen molar-refractivity contribution in [1.82, 2.24) is 0 Å². The number of unbranched alkanes of at least 4 members (excludes halogenated alkanes) is 33. The molecule has 6 nitrogen and oxygen atoms in total. The molecule has 0 aromatic carbocycles. The maximum Gasteiger partial charge on any atom is 0.306 e. The van der Waals surface area contributed by atoms with Crippen LogP contribution >= 0.6 is 0 Å². The van der Waals surface area contributed by atoms with Crippen LogP contribution in [0.3, 0.4) is 0 Å². The Balaban J connectivity index is 4.36. The van der Waals surface area contributed by atoms with Gasteiger partial charge in [-0.3, -0.25) is 14.4 Å². The van der Waals surface area contributed by atoms with Crippen molar-refractivity contribution in [1.29, 1.82) is 0 Å². The Bertz CT molecular complexity index is 1060. The molecule has 368 valence electrons. The van der Waals surface area contributed by atoms with Crippen molar-refractivity contribution in [3.05, 3.63) is 36.5 Å². The molecule has 0 rings (SSSR count). The number of hydrogen-bond acceptors (Lipinski definition) is 6. The zero-order chi connectivity index (χ0) is 45.8. The molecule has 1 unspecified atom stereocenters. The van der Waals surface area contributed by atoms with Gasteiger partial charge in [-0.1, -0.05) is 231 Å². The molecule has 0 aliphatic rings. The fourth-order valence-corrected chi connectivity index (χ4v) is 7.94. The molecule has 0 bridgehead atoms. The van der Waals surface area contributed by atoms with Crippen LogP contribution in [0.25, 0.3) is 0 Å². The lowest BCUT2D eigenvalue weighted by molar-refractivity contribution is -0.167. The first-order valence-electron chi connectivity index (χ1n) is 27.5. The van der Waals surface area contributed by atoms with Gasteiger partial charge in [-0.2, -0.15) is 0 Å². The van der Waals surface area contributed by atoms with E-state index in [1.165, 1.54) is 173 Å². The highest BCUT2D eigenvalue weighted by Crippen LogP contribution is 2.15. The second-order valence-corrected chi connectivity index (χ2v) is 18.5. The second-order valence-electron chi connectivity index (χ2n) is 18.5. The first-order chi connectivity index (χ1) is 31.0. The lowest BCUT2D eigenvalue weighted by atomic mass is 10.0. The maximum atomic E-state index is 12.8. The van der Waals surface area contributed by atoms with Gasteiger partial charge in [0.1, 0.15) is 13.2 Å². The Morgan fingerprint density at radius 3 is 0.905 bits per heavy atom. The third-order valence-corrected chi connectivity index (χ3v) is 12.1. The van der Waals surface area contributed by atoms with Gasteiger partial charge in [-0.05, 0) is 77.0 Å². The summed E-state index contributed by atoms with van der Waals surface area (Å²) in [5.41, 5.74) is 0. The van der Waals surface area contributed by atoms with E-state index < -0.39 is 6.10 Å². The molecular weight excluding hydrogens is 781 g/mol. The molecule has 0 saturated carbocycles. The summed E-state index contributed by atoms with van der Waals surface area (Å²) in [4.78, 5) is 38.0. The fourth-order valence-electron chi connectivity index (χ4n) is 7.94. The molecule has 0 aromatic rings. The van der Waals surface area contributed by atoms with Crippen molar-refractivity contribution in [3.63, 3.8) is 0 Å². The van der Waals surface area contributed by atoms with Crippen LogP contribution in [-0.2, 0) is 28.6 Å². The molecule has 0 spiro atoms. The lowest BCUT2D eigenvalue weighted by Crippen LogP contribution is -2.30. The Hall–Kier alpha value is -2.37. The van der Waals surface area contributed by atoms with E-state index >= 15 is 0 Å². The smallest absolute Gasteiger partial charge is 0.306 e. The van der Waals surface area contributed by atoms with Gasteiger partial charge in [0.05, 0.1) is 0 Å². The van der Waals surface area contributed by atoms with Gasteiger partial charge in [-0.15, -0.1) is 0 Å². The standard InChI is InChI=1S/C57H104O6/c1-4-7-10-13-16-19-22-25-27-28-29-30-33-35-38-41-44-47-50-56(59)62-53-54(52-61-55(58)49-46-43-40-37-34-31-24-21-18-15-12-9-6-3)63-57(60)51-48-45-42-39-36-32-26-23-20-17-14-11-8-5-2/h19,22-23,26-28,54H,4-18,20-21,24-25,29-53H2,1-3H3/b22-19-,26-23-,28-27-. The summed E-state index contributed by atoms with van der Waals surface area (Å²) in [7, 11) is 0. The van der Waals surface area contributed by atoms with Crippen LogP contribution in [0.4, 0.5) is 0 Å². The van der Waals surface area contributed by atoms with Crippen molar-refractivity contribution >= 4 is 17.9 Å². The molecule has 0 heterocycles. The number of carbonyl (C=O) groups is 3. The molecule has 0 radical (unpaired) electrons. The highest BCUT2D eigenvalue weighted by Gasteiger charge is 2.19. The Labute approximate surface area is 391 Å². The van der Waals surface area contributed by atoms with Crippen LogP contribution in [0.15, 0.2) is 36.5 Å². The number of hydrogen-bond donors (Lipinski definition) is 0. The predicted octanol–water partition coefficient (Wildman–Crippen LogP) is 18.1. The molecule has 63 heavy (non-hydrogen) atoms. The molecule has 6 heteroatoms. The van der Waals surface area contributed by atoms with Crippen LogP contribution in [0.5, 0.6) is 0 Å². The van der Waals surface area contributed by atoms with E-state index in [0.29, 0.717) is 19.3 Å². The molecule has 0 aromatic heterocycles. The van der Waals surface area contributed by atoms with E-state index in [-0.39, 0.29) is 31.1 Å². The number of allylic oxidation sites excluding steroid dienone is 6. The van der Waals surface area contributed by atoms with Crippen molar-refractivity contribution in [2.45, 2.75) is 297 Å². The summed E-state index contributed by atoms with van der Waals surface area (Å²) in [5.74, 6) is -0.878. The summed E-state index contributed by atoms with van der Waals surface area (Å²) < 4.78 is 16.8. The monoisotopic (exact) mass is 885 g/mol. The quantitative estimate of drug-likeness (QED) is 0.0262. The average molecular weight is 885 g/mol. The highest BCUT2D eigenvalue weighted by molar-refractivity contribution is 5.71. The Morgan fingerprint density at radius 2 is 0.571 bits per heavy atom. The average Bonchev–Trinajstić information content (AvgIpc) is 3.28. The minimum atomic E-state index is -0.776. The Kier molecular flexibility index (Phi) is 50.3. The first-order valence-corrected chi connectivity index (χ1v) is 27.5. The van der Waals surface area contributed by atoms with Gasteiger partial charge >= 0.3 is 17.9 Å². The number of rotatable bonds is 50. The minimum Gasteiger partial charge on any atom is -0.462 e. The zero-order valence-corrected chi connectivity index (χ0v) is 42.1. The molecule has 0 aliphatic carbocycles. The van der Waals surface area contributed by atoms with E-state index in [9.17, 15) is 14.4 Å². The normalized spacial score (nSPS) is 12.2. The van der Waals surface area contributed by atoms with E-state index in [1.807, 2.05) is 0 Å². The number of esters is 3. The van der Waals surface area contributed by atoms with E-state index in [1.54, 1.807) is 0 Å². The fraction of sp³-hybridized carbons (Fsp3) is 0.842. The zero-order valence-electron chi connectivity index (χ0n) is 42.1.